The van der Waals surface area contributed by atoms with Gasteiger partial charge in [-0.05, 0) is 49.4 Å². The summed E-state index contributed by atoms with van der Waals surface area (Å²) < 4.78 is 30.2. The molecule has 0 fully saturated rings. The van der Waals surface area contributed by atoms with Gasteiger partial charge in [0.25, 0.3) is 5.91 Å². The van der Waals surface area contributed by atoms with E-state index in [2.05, 4.69) is 10.3 Å². The number of aryl methyl sites for hydroxylation is 1. The SMILES string of the molecule is COCCNC(=O)c1ccc2nc(C)n(-c3ccc(S(C)(=O)=O)cc3)c2c1. The Labute approximate surface area is 157 Å². The van der Waals surface area contributed by atoms with Crippen LogP contribution in [0.1, 0.15) is 16.2 Å². The van der Waals surface area contributed by atoms with Crippen molar-refractivity contribution in [2.24, 2.45) is 0 Å². The number of hydrogen-bond donors (Lipinski definition) is 1. The van der Waals surface area contributed by atoms with Crippen molar-refractivity contribution in [1.29, 1.82) is 0 Å². The van der Waals surface area contributed by atoms with Crippen molar-refractivity contribution >= 4 is 26.8 Å². The summed E-state index contributed by atoms with van der Waals surface area (Å²) in [6.45, 7) is 2.74. The Bertz CT molecular complexity index is 1090. The minimum atomic E-state index is -3.26. The smallest absolute Gasteiger partial charge is 0.251 e. The molecule has 0 radical (unpaired) electrons. The molecule has 0 aliphatic heterocycles. The Morgan fingerprint density at radius 1 is 1.19 bits per heavy atom. The van der Waals surface area contributed by atoms with Gasteiger partial charge in [-0.1, -0.05) is 0 Å². The lowest BCUT2D eigenvalue weighted by Crippen LogP contribution is -2.26. The van der Waals surface area contributed by atoms with E-state index >= 15 is 0 Å². The Morgan fingerprint density at radius 2 is 1.89 bits per heavy atom. The fourth-order valence-corrected chi connectivity index (χ4v) is 3.50. The number of methoxy groups -OCH3 is 1. The summed E-state index contributed by atoms with van der Waals surface area (Å²) in [5.74, 6) is 0.556. The number of carbonyl (C=O) groups excluding carboxylic acids is 1. The molecule has 0 aliphatic rings. The molecule has 1 heterocycles. The standard InChI is InChI=1S/C19H21N3O4S/c1-13-21-17-9-4-14(19(23)20-10-11-26-2)12-18(17)22(13)15-5-7-16(8-6-15)27(3,24)25/h4-9,12H,10-11H2,1-3H3,(H,20,23). The third-order valence-corrected chi connectivity index (χ3v) is 5.33. The zero-order valence-electron chi connectivity index (χ0n) is 15.4. The lowest BCUT2D eigenvalue weighted by atomic mass is 10.2. The number of rotatable bonds is 6. The van der Waals surface area contributed by atoms with Gasteiger partial charge < -0.3 is 10.1 Å². The van der Waals surface area contributed by atoms with Gasteiger partial charge in [0.15, 0.2) is 9.84 Å². The third kappa shape index (κ3) is 4.01. The van der Waals surface area contributed by atoms with Crippen LogP contribution in [0.4, 0.5) is 0 Å². The Kier molecular flexibility index (Phi) is 5.29. The molecule has 3 rings (SSSR count). The van der Waals surface area contributed by atoms with Crippen LogP contribution in [0.15, 0.2) is 47.4 Å². The highest BCUT2D eigenvalue weighted by atomic mass is 32.2. The van der Waals surface area contributed by atoms with Crippen LogP contribution in [0.25, 0.3) is 16.7 Å². The van der Waals surface area contributed by atoms with E-state index in [1.165, 1.54) is 6.26 Å². The number of nitrogens with zero attached hydrogens (tertiary/aromatic N) is 2. The summed E-state index contributed by atoms with van der Waals surface area (Å²) in [4.78, 5) is 17.1. The van der Waals surface area contributed by atoms with Crippen LogP contribution in [-0.4, -0.2) is 50.4 Å². The molecule has 142 valence electrons. The van der Waals surface area contributed by atoms with E-state index in [4.69, 9.17) is 4.74 Å². The van der Waals surface area contributed by atoms with Crippen LogP contribution < -0.4 is 5.32 Å². The molecular formula is C19H21N3O4S. The predicted molar refractivity (Wildman–Crippen MR) is 103 cm³/mol. The van der Waals surface area contributed by atoms with Crippen molar-refractivity contribution in [3.8, 4) is 5.69 Å². The number of hydrogen-bond acceptors (Lipinski definition) is 5. The average Bonchev–Trinajstić information content (AvgIpc) is 2.96. The number of sulfone groups is 1. The van der Waals surface area contributed by atoms with E-state index in [9.17, 15) is 13.2 Å². The number of aromatic nitrogens is 2. The number of nitrogens with one attached hydrogen (secondary N) is 1. The van der Waals surface area contributed by atoms with E-state index in [-0.39, 0.29) is 10.8 Å². The number of benzene rings is 2. The maximum Gasteiger partial charge on any atom is 0.251 e. The molecule has 3 aromatic rings. The molecule has 1 aromatic heterocycles. The van der Waals surface area contributed by atoms with Crippen LogP contribution in [0.5, 0.6) is 0 Å². The van der Waals surface area contributed by atoms with E-state index < -0.39 is 9.84 Å². The van der Waals surface area contributed by atoms with Crippen LogP contribution in [0.3, 0.4) is 0 Å². The van der Waals surface area contributed by atoms with Crippen molar-refractivity contribution in [2.75, 3.05) is 26.5 Å². The van der Waals surface area contributed by atoms with Gasteiger partial charge in [0.2, 0.25) is 0 Å². The van der Waals surface area contributed by atoms with Gasteiger partial charge >= 0.3 is 0 Å². The molecule has 7 nitrogen and oxygen atoms in total. The van der Waals surface area contributed by atoms with Crippen molar-refractivity contribution in [2.45, 2.75) is 11.8 Å². The molecule has 0 atom stereocenters. The second-order valence-corrected chi connectivity index (χ2v) is 8.23. The highest BCUT2D eigenvalue weighted by molar-refractivity contribution is 7.90. The van der Waals surface area contributed by atoms with Gasteiger partial charge in [-0.2, -0.15) is 0 Å². The number of amides is 1. The van der Waals surface area contributed by atoms with Crippen LogP contribution in [0.2, 0.25) is 0 Å². The molecule has 0 unspecified atom stereocenters. The maximum atomic E-state index is 12.3. The lowest BCUT2D eigenvalue weighted by Gasteiger charge is -2.09. The maximum absolute atomic E-state index is 12.3. The molecule has 1 amide bonds. The second kappa shape index (κ2) is 7.50. The summed E-state index contributed by atoms with van der Waals surface area (Å²) >= 11 is 0. The first-order chi connectivity index (χ1) is 12.8. The van der Waals surface area contributed by atoms with Gasteiger partial charge in [0.1, 0.15) is 5.82 Å². The van der Waals surface area contributed by atoms with Crippen LogP contribution >= 0.6 is 0 Å². The molecule has 0 saturated carbocycles. The summed E-state index contributed by atoms with van der Waals surface area (Å²) in [5.41, 5.74) is 2.83. The first kappa shape index (κ1) is 19.1. The topological polar surface area (TPSA) is 90.3 Å². The largest absolute Gasteiger partial charge is 0.383 e. The summed E-state index contributed by atoms with van der Waals surface area (Å²) in [7, 11) is -1.68. The monoisotopic (exact) mass is 387 g/mol. The molecule has 0 aliphatic carbocycles. The predicted octanol–water partition coefficient (Wildman–Crippen LogP) is 2.11. The first-order valence-electron chi connectivity index (χ1n) is 8.38. The zero-order valence-corrected chi connectivity index (χ0v) is 16.2. The zero-order chi connectivity index (χ0) is 19.6. The second-order valence-electron chi connectivity index (χ2n) is 6.21. The van der Waals surface area contributed by atoms with E-state index in [0.29, 0.717) is 18.7 Å². The molecule has 1 N–H and O–H groups in total. The first-order valence-corrected chi connectivity index (χ1v) is 10.3. The van der Waals surface area contributed by atoms with Gasteiger partial charge in [-0.25, -0.2) is 13.4 Å². The highest BCUT2D eigenvalue weighted by Gasteiger charge is 2.14. The normalized spacial score (nSPS) is 11.7. The summed E-state index contributed by atoms with van der Waals surface area (Å²) in [6, 6.07) is 11.9. The highest BCUT2D eigenvalue weighted by Crippen LogP contribution is 2.23. The Balaban J connectivity index is 2.01. The fraction of sp³-hybridized carbons (Fsp3) is 0.263. The molecule has 0 saturated heterocycles. The van der Waals surface area contributed by atoms with E-state index in [1.54, 1.807) is 49.6 Å². The Morgan fingerprint density at radius 3 is 2.52 bits per heavy atom. The average molecular weight is 387 g/mol. The van der Waals surface area contributed by atoms with Gasteiger partial charge in [0.05, 0.1) is 22.5 Å². The number of fused-ring (bicyclic) bond motifs is 1. The molecule has 27 heavy (non-hydrogen) atoms. The third-order valence-electron chi connectivity index (χ3n) is 4.20. The van der Waals surface area contributed by atoms with Crippen molar-refractivity contribution in [3.05, 3.63) is 53.9 Å². The molecule has 8 heteroatoms. The minimum Gasteiger partial charge on any atom is -0.383 e. The van der Waals surface area contributed by atoms with Crippen molar-refractivity contribution in [1.82, 2.24) is 14.9 Å². The van der Waals surface area contributed by atoms with E-state index in [0.717, 1.165) is 22.5 Å². The van der Waals surface area contributed by atoms with Crippen molar-refractivity contribution < 1.29 is 17.9 Å². The van der Waals surface area contributed by atoms with Gasteiger partial charge in [-0.15, -0.1) is 0 Å². The van der Waals surface area contributed by atoms with Crippen molar-refractivity contribution in [3.63, 3.8) is 0 Å². The quantitative estimate of drug-likeness (QED) is 0.654. The molecular weight excluding hydrogens is 366 g/mol. The molecule has 0 spiro atoms. The number of imidazole rings is 1. The molecule has 0 bridgehead atoms. The lowest BCUT2D eigenvalue weighted by molar-refractivity contribution is 0.0937. The van der Waals surface area contributed by atoms with Gasteiger partial charge in [0, 0.05) is 31.2 Å². The molecule has 2 aromatic carbocycles. The van der Waals surface area contributed by atoms with Crippen LogP contribution in [-0.2, 0) is 14.6 Å². The number of ether oxygens (including phenoxy) is 1. The fourth-order valence-electron chi connectivity index (χ4n) is 2.87. The summed E-state index contributed by atoms with van der Waals surface area (Å²) in [6.07, 6.45) is 1.17. The number of carbonyl (C=O) groups is 1. The van der Waals surface area contributed by atoms with E-state index in [1.807, 2.05) is 11.5 Å². The van der Waals surface area contributed by atoms with Crippen LogP contribution in [0, 0.1) is 6.92 Å². The minimum absolute atomic E-state index is 0.188. The summed E-state index contributed by atoms with van der Waals surface area (Å²) in [5, 5.41) is 2.79. The Hall–Kier alpha value is -2.71. The van der Waals surface area contributed by atoms with Gasteiger partial charge in [-0.3, -0.25) is 9.36 Å².